The highest BCUT2D eigenvalue weighted by molar-refractivity contribution is 5.79. The zero-order valence-electron chi connectivity index (χ0n) is 15.7. The van der Waals surface area contributed by atoms with Gasteiger partial charge in [-0.2, -0.15) is 4.98 Å². The first-order valence-corrected chi connectivity index (χ1v) is 9.39. The van der Waals surface area contributed by atoms with Crippen molar-refractivity contribution in [3.63, 3.8) is 0 Å². The molecule has 0 spiro atoms. The maximum absolute atomic E-state index is 12.8. The highest BCUT2D eigenvalue weighted by Gasteiger charge is 2.28. The van der Waals surface area contributed by atoms with Crippen molar-refractivity contribution in [3.8, 4) is 17.3 Å². The molecule has 3 aromatic rings. The smallest absolute Gasteiger partial charge is 0.276 e. The number of hydrogen-bond donors (Lipinski definition) is 0. The summed E-state index contributed by atoms with van der Waals surface area (Å²) in [7, 11) is 1.62. The molecule has 0 bridgehead atoms. The van der Waals surface area contributed by atoms with Gasteiger partial charge in [0, 0.05) is 30.8 Å². The van der Waals surface area contributed by atoms with Gasteiger partial charge in [0.05, 0.1) is 13.5 Å². The van der Waals surface area contributed by atoms with Crippen LogP contribution in [0.2, 0.25) is 0 Å². The molecule has 1 atom stereocenters. The molecular formula is C21H22N4O3. The van der Waals surface area contributed by atoms with Crippen LogP contribution in [-0.2, 0) is 11.2 Å². The van der Waals surface area contributed by atoms with E-state index in [-0.39, 0.29) is 11.8 Å². The van der Waals surface area contributed by atoms with Gasteiger partial charge in [-0.15, -0.1) is 0 Å². The molecule has 1 saturated heterocycles. The minimum absolute atomic E-state index is 0.0663. The first-order valence-electron chi connectivity index (χ1n) is 9.39. The molecule has 2 aromatic heterocycles. The number of carbonyl (C=O) groups excluding carboxylic acids is 1. The van der Waals surface area contributed by atoms with E-state index in [1.165, 1.54) is 0 Å². The Labute approximate surface area is 163 Å². The molecule has 3 heterocycles. The minimum Gasteiger partial charge on any atom is -0.496 e. The van der Waals surface area contributed by atoms with Crippen LogP contribution in [0.1, 0.15) is 30.1 Å². The quantitative estimate of drug-likeness (QED) is 0.679. The lowest BCUT2D eigenvalue weighted by Gasteiger charge is -2.31. The van der Waals surface area contributed by atoms with Crippen LogP contribution >= 0.6 is 0 Å². The predicted octanol–water partition coefficient (Wildman–Crippen LogP) is 3.09. The summed E-state index contributed by atoms with van der Waals surface area (Å²) >= 11 is 0. The van der Waals surface area contributed by atoms with E-state index >= 15 is 0 Å². The number of nitrogens with zero attached hydrogens (tertiary/aromatic N) is 4. The zero-order valence-corrected chi connectivity index (χ0v) is 15.7. The molecule has 4 rings (SSSR count). The Morgan fingerprint density at radius 3 is 2.93 bits per heavy atom. The average molecular weight is 378 g/mol. The van der Waals surface area contributed by atoms with Gasteiger partial charge in [0.1, 0.15) is 11.4 Å². The summed E-state index contributed by atoms with van der Waals surface area (Å²) in [6.45, 7) is 1.34. The van der Waals surface area contributed by atoms with Crippen LogP contribution in [0.3, 0.4) is 0 Å². The van der Waals surface area contributed by atoms with Gasteiger partial charge in [0.2, 0.25) is 5.91 Å². The maximum atomic E-state index is 12.8. The van der Waals surface area contributed by atoms with Crippen molar-refractivity contribution < 1.29 is 14.1 Å². The molecule has 0 aliphatic carbocycles. The standard InChI is InChI=1S/C21H22N4O3/c1-27-18-10-3-2-7-15(18)13-19(26)25-12-6-8-16(14-25)20-23-21(28-24-20)17-9-4-5-11-22-17/h2-5,7,9-11,16H,6,8,12-14H2,1H3/t16-/m1/s1. The summed E-state index contributed by atoms with van der Waals surface area (Å²) in [6, 6.07) is 13.2. The number of carbonyl (C=O) groups is 1. The van der Waals surface area contributed by atoms with Gasteiger partial charge < -0.3 is 14.2 Å². The number of para-hydroxylation sites is 1. The number of methoxy groups -OCH3 is 1. The molecule has 1 aliphatic heterocycles. The van der Waals surface area contributed by atoms with Crippen LogP contribution in [0.4, 0.5) is 0 Å². The van der Waals surface area contributed by atoms with Crippen molar-refractivity contribution in [3.05, 3.63) is 60.0 Å². The Morgan fingerprint density at radius 2 is 2.11 bits per heavy atom. The molecular weight excluding hydrogens is 356 g/mol. The summed E-state index contributed by atoms with van der Waals surface area (Å²) in [5.74, 6) is 1.94. The third-order valence-electron chi connectivity index (χ3n) is 5.00. The first-order chi connectivity index (χ1) is 13.7. The topological polar surface area (TPSA) is 81.4 Å². The van der Waals surface area contributed by atoms with Gasteiger partial charge in [0.15, 0.2) is 5.82 Å². The van der Waals surface area contributed by atoms with E-state index < -0.39 is 0 Å². The number of benzene rings is 1. The molecule has 7 nitrogen and oxygen atoms in total. The SMILES string of the molecule is COc1ccccc1CC(=O)N1CCC[C@@H](c2noc(-c3ccccn3)n2)C1. The number of ether oxygens (including phenoxy) is 1. The van der Waals surface area contributed by atoms with E-state index in [0.717, 1.165) is 30.7 Å². The largest absolute Gasteiger partial charge is 0.496 e. The molecule has 1 aromatic carbocycles. The van der Waals surface area contributed by atoms with Crippen molar-refractivity contribution in [2.24, 2.45) is 0 Å². The highest BCUT2D eigenvalue weighted by Crippen LogP contribution is 2.27. The number of piperidine rings is 1. The summed E-state index contributed by atoms with van der Waals surface area (Å²) in [5.41, 5.74) is 1.55. The maximum Gasteiger partial charge on any atom is 0.276 e. The summed E-state index contributed by atoms with van der Waals surface area (Å²) in [5, 5.41) is 4.14. The summed E-state index contributed by atoms with van der Waals surface area (Å²) in [6.07, 6.45) is 3.86. The third-order valence-corrected chi connectivity index (χ3v) is 5.00. The van der Waals surface area contributed by atoms with Gasteiger partial charge >= 0.3 is 0 Å². The van der Waals surface area contributed by atoms with E-state index in [1.54, 1.807) is 13.3 Å². The number of hydrogen-bond acceptors (Lipinski definition) is 6. The number of aromatic nitrogens is 3. The van der Waals surface area contributed by atoms with Crippen molar-refractivity contribution in [2.45, 2.75) is 25.2 Å². The van der Waals surface area contributed by atoms with Crippen LogP contribution < -0.4 is 4.74 Å². The molecule has 1 aliphatic rings. The van der Waals surface area contributed by atoms with Gasteiger partial charge in [0.25, 0.3) is 5.89 Å². The normalized spacial score (nSPS) is 16.8. The van der Waals surface area contributed by atoms with E-state index in [9.17, 15) is 4.79 Å². The van der Waals surface area contributed by atoms with Crippen molar-refractivity contribution in [2.75, 3.05) is 20.2 Å². The fourth-order valence-electron chi connectivity index (χ4n) is 3.53. The van der Waals surface area contributed by atoms with Gasteiger partial charge in [-0.25, -0.2) is 0 Å². The molecule has 144 valence electrons. The molecule has 0 saturated carbocycles. The van der Waals surface area contributed by atoms with E-state index in [0.29, 0.717) is 30.4 Å². The van der Waals surface area contributed by atoms with E-state index in [1.807, 2.05) is 47.4 Å². The summed E-state index contributed by atoms with van der Waals surface area (Å²) < 4.78 is 10.7. The van der Waals surface area contributed by atoms with Gasteiger partial charge in [-0.3, -0.25) is 9.78 Å². The zero-order chi connectivity index (χ0) is 19.3. The second kappa shape index (κ2) is 8.21. The first kappa shape index (κ1) is 18.2. The number of rotatable bonds is 5. The van der Waals surface area contributed by atoms with Crippen LogP contribution in [0.15, 0.2) is 53.2 Å². The van der Waals surface area contributed by atoms with Crippen LogP contribution in [0.25, 0.3) is 11.6 Å². The van der Waals surface area contributed by atoms with E-state index in [4.69, 9.17) is 9.26 Å². The molecule has 0 N–H and O–H groups in total. The number of pyridine rings is 1. The molecule has 0 unspecified atom stereocenters. The van der Waals surface area contributed by atoms with Gasteiger partial charge in [-0.05, 0) is 31.0 Å². The Hall–Kier alpha value is -3.22. The molecule has 0 radical (unpaired) electrons. The van der Waals surface area contributed by atoms with Crippen LogP contribution in [-0.4, -0.2) is 46.1 Å². The minimum atomic E-state index is 0.0663. The number of amides is 1. The third kappa shape index (κ3) is 3.88. The van der Waals surface area contributed by atoms with Crippen molar-refractivity contribution in [1.29, 1.82) is 0 Å². The summed E-state index contributed by atoms with van der Waals surface area (Å²) in [4.78, 5) is 23.5. The van der Waals surface area contributed by atoms with Gasteiger partial charge in [-0.1, -0.05) is 29.4 Å². The van der Waals surface area contributed by atoms with Crippen LogP contribution in [0.5, 0.6) is 5.75 Å². The Morgan fingerprint density at radius 1 is 1.25 bits per heavy atom. The Balaban J connectivity index is 1.44. The second-order valence-electron chi connectivity index (χ2n) is 6.84. The molecule has 1 fully saturated rings. The van der Waals surface area contributed by atoms with Crippen molar-refractivity contribution >= 4 is 5.91 Å². The second-order valence-corrected chi connectivity index (χ2v) is 6.84. The fourth-order valence-corrected chi connectivity index (χ4v) is 3.53. The highest BCUT2D eigenvalue weighted by atomic mass is 16.5. The number of likely N-dealkylation sites (tertiary alicyclic amines) is 1. The van der Waals surface area contributed by atoms with E-state index in [2.05, 4.69) is 15.1 Å². The lowest BCUT2D eigenvalue weighted by Crippen LogP contribution is -2.40. The molecule has 1 amide bonds. The van der Waals surface area contributed by atoms with Crippen molar-refractivity contribution in [1.82, 2.24) is 20.0 Å². The molecule has 7 heteroatoms. The Bertz CT molecular complexity index is 942. The van der Waals surface area contributed by atoms with Crippen LogP contribution in [0, 0.1) is 0 Å². The monoisotopic (exact) mass is 378 g/mol. The lowest BCUT2D eigenvalue weighted by atomic mass is 9.96. The lowest BCUT2D eigenvalue weighted by molar-refractivity contribution is -0.131. The average Bonchev–Trinajstić information content (AvgIpc) is 3.25. The predicted molar refractivity (Wildman–Crippen MR) is 103 cm³/mol. The fraction of sp³-hybridized carbons (Fsp3) is 0.333. The Kier molecular flexibility index (Phi) is 5.32. The molecule has 28 heavy (non-hydrogen) atoms.